The average molecular weight is 261 g/mol. The molecule has 1 N–H and O–H groups in total. The summed E-state index contributed by atoms with van der Waals surface area (Å²) in [6.07, 6.45) is 2.86. The first kappa shape index (κ1) is 14.1. The van der Waals surface area contributed by atoms with Crippen LogP contribution < -0.4 is 0 Å². The molecule has 104 valence electrons. The second-order valence-electron chi connectivity index (χ2n) is 5.68. The van der Waals surface area contributed by atoms with E-state index in [1.807, 2.05) is 0 Å². The molecule has 0 aliphatic carbocycles. The van der Waals surface area contributed by atoms with Crippen LogP contribution in [0.5, 0.6) is 0 Å². The maximum atomic E-state index is 11.5. The van der Waals surface area contributed by atoms with Gasteiger partial charge in [0, 0.05) is 0 Å². The number of hydrogen-bond acceptors (Lipinski definition) is 2. The molecule has 0 amide bonds. The number of nitrogens with zero attached hydrogens (tertiary/aromatic N) is 1. The van der Waals surface area contributed by atoms with Crippen LogP contribution in [0, 0.1) is 20.8 Å². The zero-order valence-corrected chi connectivity index (χ0v) is 12.1. The van der Waals surface area contributed by atoms with Gasteiger partial charge < -0.3 is 5.11 Å². The van der Waals surface area contributed by atoms with Gasteiger partial charge in [0.1, 0.15) is 6.04 Å². The van der Waals surface area contributed by atoms with Crippen LogP contribution in [0.15, 0.2) is 12.1 Å². The molecule has 1 aromatic carbocycles. The molecule has 19 heavy (non-hydrogen) atoms. The van der Waals surface area contributed by atoms with Crippen LogP contribution in [-0.2, 0) is 11.2 Å². The fourth-order valence-electron chi connectivity index (χ4n) is 3.15. The number of aliphatic carboxylic acids is 1. The van der Waals surface area contributed by atoms with Gasteiger partial charge in [-0.05, 0) is 69.8 Å². The van der Waals surface area contributed by atoms with Crippen molar-refractivity contribution in [1.29, 1.82) is 0 Å². The Labute approximate surface area is 115 Å². The molecule has 1 aliphatic rings. The van der Waals surface area contributed by atoms with Gasteiger partial charge in [-0.25, -0.2) is 0 Å². The molecule has 0 saturated carbocycles. The topological polar surface area (TPSA) is 40.5 Å². The first-order valence-electron chi connectivity index (χ1n) is 7.02. The smallest absolute Gasteiger partial charge is 0.321 e. The highest BCUT2D eigenvalue weighted by atomic mass is 16.4. The van der Waals surface area contributed by atoms with Crippen molar-refractivity contribution >= 4 is 5.97 Å². The van der Waals surface area contributed by atoms with Gasteiger partial charge in [-0.2, -0.15) is 0 Å². The molecular weight excluding hydrogens is 238 g/mol. The van der Waals surface area contributed by atoms with Crippen LogP contribution in [0.1, 0.15) is 35.1 Å². The largest absolute Gasteiger partial charge is 0.480 e. The lowest BCUT2D eigenvalue weighted by molar-refractivity contribution is -0.142. The lowest BCUT2D eigenvalue weighted by Gasteiger charge is -2.25. The summed E-state index contributed by atoms with van der Waals surface area (Å²) in [5.41, 5.74) is 4.86. The van der Waals surface area contributed by atoms with Gasteiger partial charge in [-0.15, -0.1) is 0 Å². The van der Waals surface area contributed by atoms with E-state index in [9.17, 15) is 9.90 Å². The normalized spacial score (nSPS) is 17.6. The Hall–Kier alpha value is -1.35. The first-order chi connectivity index (χ1) is 8.99. The second-order valence-corrected chi connectivity index (χ2v) is 5.68. The Balaban J connectivity index is 2.24. The fourth-order valence-corrected chi connectivity index (χ4v) is 3.15. The van der Waals surface area contributed by atoms with Crippen molar-refractivity contribution in [2.24, 2.45) is 0 Å². The number of benzene rings is 1. The van der Waals surface area contributed by atoms with Crippen LogP contribution in [-0.4, -0.2) is 35.1 Å². The van der Waals surface area contributed by atoms with E-state index in [0.717, 1.165) is 25.9 Å². The Kier molecular flexibility index (Phi) is 4.25. The summed E-state index contributed by atoms with van der Waals surface area (Å²) >= 11 is 0. The SMILES string of the molecule is Cc1cc(C)c(C[C@@H](C(=O)O)N2CCCC2)c(C)c1. The summed E-state index contributed by atoms with van der Waals surface area (Å²) in [5.74, 6) is -0.693. The highest BCUT2D eigenvalue weighted by molar-refractivity contribution is 5.74. The van der Waals surface area contributed by atoms with Crippen LogP contribution >= 0.6 is 0 Å². The van der Waals surface area contributed by atoms with Gasteiger partial charge in [-0.3, -0.25) is 9.69 Å². The molecular formula is C16H23NO2. The summed E-state index contributed by atoms with van der Waals surface area (Å²) in [5, 5.41) is 9.49. The number of hydrogen-bond donors (Lipinski definition) is 1. The molecule has 0 unspecified atom stereocenters. The number of likely N-dealkylation sites (tertiary alicyclic amines) is 1. The predicted molar refractivity (Wildman–Crippen MR) is 76.6 cm³/mol. The Morgan fingerprint density at radius 2 is 1.74 bits per heavy atom. The minimum Gasteiger partial charge on any atom is -0.480 e. The van der Waals surface area contributed by atoms with Crippen molar-refractivity contribution in [3.63, 3.8) is 0 Å². The minimum atomic E-state index is -0.693. The second kappa shape index (κ2) is 5.74. The third-order valence-corrected chi connectivity index (χ3v) is 4.10. The number of rotatable bonds is 4. The number of carboxylic acids is 1. The molecule has 1 fully saturated rings. The molecule has 1 saturated heterocycles. The van der Waals surface area contributed by atoms with E-state index in [-0.39, 0.29) is 6.04 Å². The molecule has 0 bridgehead atoms. The van der Waals surface area contributed by atoms with Gasteiger partial charge in [0.2, 0.25) is 0 Å². The third-order valence-electron chi connectivity index (χ3n) is 4.10. The first-order valence-corrected chi connectivity index (χ1v) is 7.02. The van der Waals surface area contributed by atoms with Crippen molar-refractivity contribution < 1.29 is 9.90 Å². The highest BCUT2D eigenvalue weighted by Gasteiger charge is 2.28. The summed E-state index contributed by atoms with van der Waals surface area (Å²) in [6.45, 7) is 8.08. The molecule has 1 aliphatic heterocycles. The van der Waals surface area contributed by atoms with E-state index in [0.29, 0.717) is 6.42 Å². The number of carboxylic acid groups (broad SMARTS) is 1. The predicted octanol–water partition coefficient (Wildman–Crippen LogP) is 2.70. The number of aryl methyl sites for hydroxylation is 3. The molecule has 0 radical (unpaired) electrons. The minimum absolute atomic E-state index is 0.373. The van der Waals surface area contributed by atoms with Crippen molar-refractivity contribution in [1.82, 2.24) is 4.90 Å². The standard InChI is InChI=1S/C16H23NO2/c1-11-8-12(2)14(13(3)9-11)10-15(16(18)19)17-6-4-5-7-17/h8-9,15H,4-7,10H2,1-3H3,(H,18,19)/t15-/m0/s1. The lowest BCUT2D eigenvalue weighted by atomic mass is 9.94. The monoisotopic (exact) mass is 261 g/mol. The molecule has 0 spiro atoms. The highest BCUT2D eigenvalue weighted by Crippen LogP contribution is 2.22. The molecule has 2 rings (SSSR count). The number of carbonyl (C=O) groups is 1. The molecule has 1 atom stereocenters. The van der Waals surface area contributed by atoms with Gasteiger partial charge in [0.05, 0.1) is 0 Å². The molecule has 1 aromatic rings. The zero-order chi connectivity index (χ0) is 14.0. The molecule has 3 heteroatoms. The van der Waals surface area contributed by atoms with Crippen LogP contribution in [0.4, 0.5) is 0 Å². The van der Waals surface area contributed by atoms with Gasteiger partial charge in [-0.1, -0.05) is 17.7 Å². The zero-order valence-electron chi connectivity index (χ0n) is 12.1. The molecule has 0 aromatic heterocycles. The van der Waals surface area contributed by atoms with Crippen molar-refractivity contribution in [2.45, 2.75) is 46.1 Å². The maximum absolute atomic E-state index is 11.5. The van der Waals surface area contributed by atoms with E-state index in [2.05, 4.69) is 37.8 Å². The van der Waals surface area contributed by atoms with E-state index in [1.54, 1.807) is 0 Å². The van der Waals surface area contributed by atoms with Gasteiger partial charge in [0.25, 0.3) is 0 Å². The average Bonchev–Trinajstić information content (AvgIpc) is 2.80. The Morgan fingerprint density at radius 1 is 1.21 bits per heavy atom. The Bertz CT molecular complexity index is 453. The van der Waals surface area contributed by atoms with E-state index < -0.39 is 5.97 Å². The van der Waals surface area contributed by atoms with E-state index in [4.69, 9.17) is 0 Å². The van der Waals surface area contributed by atoms with Gasteiger partial charge in [0.15, 0.2) is 0 Å². The lowest BCUT2D eigenvalue weighted by Crippen LogP contribution is -2.41. The molecule has 3 nitrogen and oxygen atoms in total. The van der Waals surface area contributed by atoms with Crippen LogP contribution in [0.25, 0.3) is 0 Å². The maximum Gasteiger partial charge on any atom is 0.321 e. The third kappa shape index (κ3) is 3.16. The van der Waals surface area contributed by atoms with Crippen molar-refractivity contribution in [2.75, 3.05) is 13.1 Å². The summed E-state index contributed by atoms with van der Waals surface area (Å²) in [4.78, 5) is 13.7. The van der Waals surface area contributed by atoms with E-state index in [1.165, 1.54) is 22.3 Å². The van der Waals surface area contributed by atoms with Gasteiger partial charge >= 0.3 is 5.97 Å². The fraction of sp³-hybridized carbons (Fsp3) is 0.562. The molecule has 1 heterocycles. The van der Waals surface area contributed by atoms with E-state index >= 15 is 0 Å². The summed E-state index contributed by atoms with van der Waals surface area (Å²) in [6, 6.07) is 3.92. The quantitative estimate of drug-likeness (QED) is 0.906. The van der Waals surface area contributed by atoms with Crippen LogP contribution in [0.3, 0.4) is 0 Å². The van der Waals surface area contributed by atoms with Crippen LogP contribution in [0.2, 0.25) is 0 Å². The summed E-state index contributed by atoms with van der Waals surface area (Å²) in [7, 11) is 0. The Morgan fingerprint density at radius 3 is 2.21 bits per heavy atom. The summed E-state index contributed by atoms with van der Waals surface area (Å²) < 4.78 is 0. The van der Waals surface area contributed by atoms with Crippen molar-refractivity contribution in [3.8, 4) is 0 Å². The van der Waals surface area contributed by atoms with Crippen molar-refractivity contribution in [3.05, 3.63) is 34.4 Å².